The smallest absolute Gasteiger partial charge is 0.289 e. The summed E-state index contributed by atoms with van der Waals surface area (Å²) < 4.78 is 27.7. The number of piperidine rings is 1. The van der Waals surface area contributed by atoms with E-state index in [1.54, 1.807) is 13.8 Å². The lowest BCUT2D eigenvalue weighted by Gasteiger charge is -2.34. The second kappa shape index (κ2) is 6.54. The van der Waals surface area contributed by atoms with Gasteiger partial charge in [-0.25, -0.2) is 13.1 Å². The van der Waals surface area contributed by atoms with Gasteiger partial charge in [0.15, 0.2) is 4.90 Å². The Morgan fingerprint density at radius 1 is 1.26 bits per heavy atom. The predicted molar refractivity (Wildman–Crippen MR) is 88.0 cm³/mol. The van der Waals surface area contributed by atoms with E-state index in [9.17, 15) is 18.5 Å². The van der Waals surface area contributed by atoms with Crippen molar-refractivity contribution in [3.05, 3.63) is 33.4 Å². The van der Waals surface area contributed by atoms with Crippen molar-refractivity contribution in [2.75, 3.05) is 19.6 Å². The van der Waals surface area contributed by atoms with E-state index in [0.717, 1.165) is 25.9 Å². The van der Waals surface area contributed by atoms with Crippen molar-refractivity contribution < 1.29 is 13.3 Å². The second-order valence-corrected chi connectivity index (χ2v) is 8.28. The van der Waals surface area contributed by atoms with Crippen LogP contribution in [0.1, 0.15) is 30.9 Å². The molecule has 1 aromatic carbocycles. The molecule has 0 bridgehead atoms. The van der Waals surface area contributed by atoms with Gasteiger partial charge in [0.2, 0.25) is 10.0 Å². The summed E-state index contributed by atoms with van der Waals surface area (Å²) in [6.45, 7) is 7.48. The molecule has 0 amide bonds. The Morgan fingerprint density at radius 2 is 1.83 bits per heavy atom. The van der Waals surface area contributed by atoms with Crippen molar-refractivity contribution in [3.8, 4) is 0 Å². The minimum absolute atomic E-state index is 0.132. The maximum Gasteiger partial charge on any atom is 0.289 e. The lowest BCUT2D eigenvalue weighted by molar-refractivity contribution is -0.387. The number of sulfonamides is 1. The van der Waals surface area contributed by atoms with Crippen LogP contribution in [0.15, 0.2) is 17.0 Å². The number of rotatable bonds is 5. The fraction of sp³-hybridized carbons (Fsp3) is 0.600. The summed E-state index contributed by atoms with van der Waals surface area (Å²) in [5.74, 6) is 0. The second-order valence-electron chi connectivity index (χ2n) is 6.55. The summed E-state index contributed by atoms with van der Waals surface area (Å²) in [6.07, 6.45) is 1.73. The summed E-state index contributed by atoms with van der Waals surface area (Å²) in [5, 5.41) is 14.4. The molecule has 0 spiro atoms. The fourth-order valence-electron chi connectivity index (χ4n) is 2.69. The zero-order chi connectivity index (χ0) is 17.3. The monoisotopic (exact) mass is 341 g/mol. The Bertz CT molecular complexity index is 710. The first kappa shape index (κ1) is 17.8. The van der Waals surface area contributed by atoms with E-state index < -0.39 is 14.9 Å². The Balaban J connectivity index is 2.29. The van der Waals surface area contributed by atoms with Crippen molar-refractivity contribution in [1.29, 1.82) is 0 Å². The first-order chi connectivity index (χ1) is 10.6. The molecule has 2 N–H and O–H groups in total. The predicted octanol–water partition coefficient (Wildman–Crippen LogP) is 1.88. The van der Waals surface area contributed by atoms with Gasteiger partial charge in [-0.2, -0.15) is 0 Å². The van der Waals surface area contributed by atoms with Crippen molar-refractivity contribution in [2.45, 2.75) is 38.5 Å². The van der Waals surface area contributed by atoms with Gasteiger partial charge in [-0.3, -0.25) is 10.1 Å². The minimum atomic E-state index is -3.92. The quantitative estimate of drug-likeness (QED) is 0.629. The standard InChI is InChI=1S/C15H23N3O4S/c1-11-8-13(18(19)20)14(9-12(11)2)23(21,22)17-10-15(3)4-6-16-7-5-15/h8-9,16-17H,4-7,10H2,1-3H3. The number of benzene rings is 1. The highest BCUT2D eigenvalue weighted by atomic mass is 32.2. The molecule has 0 unspecified atom stereocenters. The van der Waals surface area contributed by atoms with Crippen LogP contribution >= 0.6 is 0 Å². The summed E-state index contributed by atoms with van der Waals surface area (Å²) in [7, 11) is -3.92. The number of nitro groups is 1. The van der Waals surface area contributed by atoms with Gasteiger partial charge in [0, 0.05) is 12.6 Å². The molecule has 0 saturated carbocycles. The third-order valence-corrected chi connectivity index (χ3v) is 5.99. The lowest BCUT2D eigenvalue weighted by atomic mass is 9.81. The van der Waals surface area contributed by atoms with Crippen LogP contribution in [0.3, 0.4) is 0 Å². The average Bonchev–Trinajstić information content (AvgIpc) is 2.48. The van der Waals surface area contributed by atoms with E-state index >= 15 is 0 Å². The molecule has 0 radical (unpaired) electrons. The van der Waals surface area contributed by atoms with Crippen LogP contribution in [0, 0.1) is 29.4 Å². The van der Waals surface area contributed by atoms with Gasteiger partial charge in [-0.15, -0.1) is 0 Å². The molecule has 2 rings (SSSR count). The third kappa shape index (κ3) is 4.07. The van der Waals surface area contributed by atoms with Crippen LogP contribution < -0.4 is 10.0 Å². The molecule has 1 aromatic rings. The lowest BCUT2D eigenvalue weighted by Crippen LogP contribution is -2.42. The first-order valence-corrected chi connectivity index (χ1v) is 9.09. The molecule has 1 aliphatic heterocycles. The van der Waals surface area contributed by atoms with Gasteiger partial charge >= 0.3 is 0 Å². The molecule has 7 nitrogen and oxygen atoms in total. The highest BCUT2D eigenvalue weighted by Gasteiger charge is 2.31. The van der Waals surface area contributed by atoms with Gasteiger partial charge in [0.1, 0.15) is 0 Å². The number of hydrogen-bond donors (Lipinski definition) is 2. The highest BCUT2D eigenvalue weighted by molar-refractivity contribution is 7.89. The van der Waals surface area contributed by atoms with Gasteiger partial charge in [-0.1, -0.05) is 6.92 Å². The molecule has 1 heterocycles. The molecular formula is C15H23N3O4S. The van der Waals surface area contributed by atoms with Crippen LogP contribution in [0.5, 0.6) is 0 Å². The molecule has 1 saturated heterocycles. The summed E-state index contributed by atoms with van der Waals surface area (Å²) >= 11 is 0. The van der Waals surface area contributed by atoms with Crippen LogP contribution in [-0.2, 0) is 10.0 Å². The minimum Gasteiger partial charge on any atom is -0.317 e. The maximum atomic E-state index is 12.6. The highest BCUT2D eigenvalue weighted by Crippen LogP contribution is 2.30. The number of nitro benzene ring substituents is 1. The Morgan fingerprint density at radius 3 is 2.39 bits per heavy atom. The molecule has 0 aromatic heterocycles. The van der Waals surface area contributed by atoms with E-state index in [1.807, 2.05) is 6.92 Å². The van der Waals surface area contributed by atoms with Crippen LogP contribution in [0.4, 0.5) is 5.69 Å². The van der Waals surface area contributed by atoms with Crippen molar-refractivity contribution >= 4 is 15.7 Å². The topological polar surface area (TPSA) is 101 Å². The largest absolute Gasteiger partial charge is 0.317 e. The maximum absolute atomic E-state index is 12.6. The molecular weight excluding hydrogens is 318 g/mol. The van der Waals surface area contributed by atoms with E-state index in [4.69, 9.17) is 0 Å². The van der Waals surface area contributed by atoms with Crippen molar-refractivity contribution in [1.82, 2.24) is 10.0 Å². The van der Waals surface area contributed by atoms with E-state index in [1.165, 1.54) is 12.1 Å². The summed E-state index contributed by atoms with van der Waals surface area (Å²) in [4.78, 5) is 10.3. The summed E-state index contributed by atoms with van der Waals surface area (Å²) in [5.41, 5.74) is 0.897. The number of hydrogen-bond acceptors (Lipinski definition) is 5. The van der Waals surface area contributed by atoms with Crippen LogP contribution in [-0.4, -0.2) is 33.0 Å². The molecule has 1 fully saturated rings. The third-order valence-electron chi connectivity index (χ3n) is 4.56. The number of nitrogens with one attached hydrogen (secondary N) is 2. The van der Waals surface area contributed by atoms with Gasteiger partial charge in [-0.05, 0) is 62.4 Å². The van der Waals surface area contributed by atoms with E-state index in [0.29, 0.717) is 11.1 Å². The van der Waals surface area contributed by atoms with Crippen molar-refractivity contribution in [2.24, 2.45) is 5.41 Å². The number of nitrogens with zero attached hydrogens (tertiary/aromatic N) is 1. The zero-order valence-electron chi connectivity index (χ0n) is 13.7. The Hall–Kier alpha value is -1.51. The van der Waals surface area contributed by atoms with E-state index in [2.05, 4.69) is 10.0 Å². The SMILES string of the molecule is Cc1cc([N+](=O)[O-])c(S(=O)(=O)NCC2(C)CCNCC2)cc1C. The zero-order valence-corrected chi connectivity index (χ0v) is 14.5. The van der Waals surface area contributed by atoms with Crippen molar-refractivity contribution in [3.63, 3.8) is 0 Å². The summed E-state index contributed by atoms with van der Waals surface area (Å²) in [6, 6.07) is 2.69. The molecule has 0 atom stereocenters. The van der Waals surface area contributed by atoms with E-state index in [-0.39, 0.29) is 22.5 Å². The molecule has 128 valence electrons. The molecule has 8 heteroatoms. The van der Waals surface area contributed by atoms with Gasteiger partial charge in [0.05, 0.1) is 4.92 Å². The molecule has 1 aliphatic rings. The van der Waals surface area contributed by atoms with Gasteiger partial charge in [0.25, 0.3) is 5.69 Å². The van der Waals surface area contributed by atoms with Crippen LogP contribution in [0.25, 0.3) is 0 Å². The molecule has 23 heavy (non-hydrogen) atoms. The average molecular weight is 341 g/mol. The normalized spacial score (nSPS) is 17.9. The Labute approximate surface area is 136 Å². The number of aryl methyl sites for hydroxylation is 2. The Kier molecular flexibility index (Phi) is 5.07. The van der Waals surface area contributed by atoms with Gasteiger partial charge < -0.3 is 5.32 Å². The molecule has 0 aliphatic carbocycles. The fourth-order valence-corrected chi connectivity index (χ4v) is 4.12. The first-order valence-electron chi connectivity index (χ1n) is 7.61. The van der Waals surface area contributed by atoms with Crippen LogP contribution in [0.2, 0.25) is 0 Å².